The van der Waals surface area contributed by atoms with E-state index in [9.17, 15) is 4.79 Å². The molecule has 3 atom stereocenters. The first-order chi connectivity index (χ1) is 15.0. The summed E-state index contributed by atoms with van der Waals surface area (Å²) >= 11 is 6.31. The zero-order valence-corrected chi connectivity index (χ0v) is 19.0. The van der Waals surface area contributed by atoms with Crippen LogP contribution in [0.2, 0.25) is 5.02 Å². The number of hydrogen-bond donors (Lipinski definition) is 0. The Balaban J connectivity index is 0.000000401. The molecular weight excluding hydrogens is 418 g/mol. The Kier molecular flexibility index (Phi) is 7.96. The highest BCUT2D eigenvalue weighted by molar-refractivity contribution is 6.30. The van der Waals surface area contributed by atoms with Crippen molar-refractivity contribution in [1.29, 1.82) is 0 Å². The van der Waals surface area contributed by atoms with Gasteiger partial charge in [0.05, 0.1) is 32.6 Å². The number of rotatable bonds is 4. The van der Waals surface area contributed by atoms with Gasteiger partial charge in [-0.05, 0) is 36.4 Å². The minimum Gasteiger partial charge on any atom is -0.498 e. The molecule has 1 aliphatic carbocycles. The van der Waals surface area contributed by atoms with Crippen LogP contribution < -0.4 is 0 Å². The van der Waals surface area contributed by atoms with Gasteiger partial charge in [0.2, 0.25) is 0 Å². The van der Waals surface area contributed by atoms with Crippen LogP contribution in [-0.4, -0.2) is 38.0 Å². The maximum absolute atomic E-state index is 9.96. The fourth-order valence-corrected chi connectivity index (χ4v) is 4.03. The number of allylic oxidation sites excluding steroid dienone is 2. The lowest BCUT2D eigenvalue weighted by atomic mass is 9.86. The molecule has 0 bridgehead atoms. The van der Waals surface area contributed by atoms with Crippen LogP contribution in [0.3, 0.4) is 0 Å². The molecule has 0 fully saturated rings. The van der Waals surface area contributed by atoms with Gasteiger partial charge in [-0.2, -0.15) is 0 Å². The number of nitrogens with zero attached hydrogens (tertiary/aromatic N) is 1. The molecule has 0 N–H and O–H groups in total. The third-order valence-electron chi connectivity index (χ3n) is 5.38. The molecule has 2 aliphatic rings. The second kappa shape index (κ2) is 10.7. The van der Waals surface area contributed by atoms with Gasteiger partial charge < -0.3 is 23.5 Å². The van der Waals surface area contributed by atoms with Crippen molar-refractivity contribution in [2.24, 2.45) is 5.92 Å². The van der Waals surface area contributed by atoms with Crippen LogP contribution in [0.1, 0.15) is 30.7 Å². The average molecular weight is 446 g/mol. The summed E-state index contributed by atoms with van der Waals surface area (Å²) in [6.07, 6.45) is 8.18. The van der Waals surface area contributed by atoms with Crippen LogP contribution in [0.5, 0.6) is 0 Å². The first-order valence-corrected chi connectivity index (χ1v) is 10.5. The Labute approximate surface area is 188 Å². The molecule has 0 amide bonds. The van der Waals surface area contributed by atoms with Crippen molar-refractivity contribution in [3.63, 3.8) is 0 Å². The fraction of sp³-hybridized carbons (Fsp3) is 0.375. The molecule has 0 radical (unpaired) electrons. The van der Waals surface area contributed by atoms with Crippen molar-refractivity contribution < 1.29 is 23.7 Å². The normalized spacial score (nSPS) is 21.6. The molecule has 2 aromatic rings. The number of carbonyl (C=O) groups excluding carboxylic acids is 1. The van der Waals surface area contributed by atoms with Gasteiger partial charge in [0.1, 0.15) is 11.9 Å². The van der Waals surface area contributed by atoms with E-state index in [1.54, 1.807) is 21.1 Å². The summed E-state index contributed by atoms with van der Waals surface area (Å²) in [5.41, 5.74) is 3.25. The molecule has 4 rings (SSSR count). The number of benzene rings is 1. The Morgan fingerprint density at radius 3 is 2.71 bits per heavy atom. The minimum atomic E-state index is -0.204. The molecule has 0 spiro atoms. The quantitative estimate of drug-likeness (QED) is 0.619. The number of hydrogen-bond acceptors (Lipinski definition) is 5. The number of aromatic nitrogens is 1. The van der Waals surface area contributed by atoms with Crippen LogP contribution in [0.25, 0.3) is 5.69 Å². The molecule has 2 heterocycles. The fourth-order valence-electron chi connectivity index (χ4n) is 3.85. The van der Waals surface area contributed by atoms with Gasteiger partial charge in [-0.25, -0.2) is 0 Å². The first kappa shape index (κ1) is 23.1. The monoisotopic (exact) mass is 445 g/mol. The Morgan fingerprint density at radius 1 is 1.26 bits per heavy atom. The number of ether oxygens (including phenoxy) is 4. The molecule has 7 heteroatoms. The Hall–Kier alpha value is -2.54. The molecule has 0 saturated heterocycles. The zero-order chi connectivity index (χ0) is 22.4. The summed E-state index contributed by atoms with van der Waals surface area (Å²) in [5, 5.41) is 0.694. The van der Waals surface area contributed by atoms with Gasteiger partial charge in [-0.15, -0.1) is 0 Å². The zero-order valence-electron chi connectivity index (χ0n) is 18.2. The lowest BCUT2D eigenvalue weighted by molar-refractivity contribution is -0.140. The predicted molar refractivity (Wildman–Crippen MR) is 119 cm³/mol. The molecule has 1 aromatic heterocycles. The van der Waals surface area contributed by atoms with Gasteiger partial charge in [0.25, 0.3) is 0 Å². The predicted octanol–water partition coefficient (Wildman–Crippen LogP) is 5.00. The molecule has 6 nitrogen and oxygen atoms in total. The number of fused-ring (bicyclic) bond motifs is 3. The first-order valence-electron chi connectivity index (χ1n) is 10.1. The van der Waals surface area contributed by atoms with E-state index in [2.05, 4.69) is 27.6 Å². The van der Waals surface area contributed by atoms with Gasteiger partial charge in [0, 0.05) is 41.9 Å². The van der Waals surface area contributed by atoms with Crippen molar-refractivity contribution in [3.8, 4) is 5.69 Å². The summed E-state index contributed by atoms with van der Waals surface area (Å²) in [4.78, 5) is 9.96. The SMILES string of the molecule is CCC(=O)OC.COC1=CC=CC(C2OCc3cccn3-c3ccc(Cl)cc32)C1OC. The van der Waals surface area contributed by atoms with E-state index < -0.39 is 0 Å². The van der Waals surface area contributed by atoms with Crippen LogP contribution in [0.15, 0.2) is 60.5 Å². The third-order valence-corrected chi connectivity index (χ3v) is 5.61. The lowest BCUT2D eigenvalue weighted by Crippen LogP contribution is -2.32. The average Bonchev–Trinajstić information content (AvgIpc) is 3.21. The Morgan fingerprint density at radius 2 is 2.06 bits per heavy atom. The molecule has 1 aliphatic heterocycles. The smallest absolute Gasteiger partial charge is 0.305 e. The van der Waals surface area contributed by atoms with E-state index in [0.29, 0.717) is 18.1 Å². The van der Waals surface area contributed by atoms with E-state index >= 15 is 0 Å². The highest BCUT2D eigenvalue weighted by Crippen LogP contribution is 2.41. The largest absolute Gasteiger partial charge is 0.498 e. The number of halogens is 1. The van der Waals surface area contributed by atoms with E-state index in [4.69, 9.17) is 25.8 Å². The maximum atomic E-state index is 9.96. The highest BCUT2D eigenvalue weighted by atomic mass is 35.5. The van der Waals surface area contributed by atoms with Crippen molar-refractivity contribution in [2.75, 3.05) is 21.3 Å². The van der Waals surface area contributed by atoms with Crippen LogP contribution in [0, 0.1) is 5.92 Å². The van der Waals surface area contributed by atoms with E-state index in [1.165, 1.54) is 7.11 Å². The summed E-state index contributed by atoms with van der Waals surface area (Å²) in [6.45, 7) is 2.28. The highest BCUT2D eigenvalue weighted by Gasteiger charge is 2.37. The minimum absolute atomic E-state index is 0.00762. The van der Waals surface area contributed by atoms with Crippen molar-refractivity contribution in [3.05, 3.63) is 76.8 Å². The van der Waals surface area contributed by atoms with Crippen LogP contribution >= 0.6 is 11.6 Å². The summed E-state index contributed by atoms with van der Waals surface area (Å²) in [6, 6.07) is 10.1. The van der Waals surface area contributed by atoms with Crippen LogP contribution in [-0.2, 0) is 30.3 Å². The summed E-state index contributed by atoms with van der Waals surface area (Å²) in [5.74, 6) is 0.632. The Bertz CT molecular complexity index is 959. The molecule has 31 heavy (non-hydrogen) atoms. The standard InChI is InChI=1S/C20H20ClNO3.C4H8O2/c1-23-18-7-3-6-15(20(18)24-2)19-16-11-13(21)8-9-17(16)22-10-4-5-14(22)12-25-19;1-3-4(5)6-2/h3-11,15,19-20H,12H2,1-2H3;3H2,1-2H3. The lowest BCUT2D eigenvalue weighted by Gasteiger charge is -2.33. The molecular formula is C24H28ClNO5. The van der Waals surface area contributed by atoms with Crippen molar-refractivity contribution in [2.45, 2.75) is 32.2 Å². The second-order valence-corrected chi connectivity index (χ2v) is 7.56. The third kappa shape index (κ3) is 5.03. The van der Waals surface area contributed by atoms with Gasteiger partial charge in [-0.3, -0.25) is 4.79 Å². The van der Waals surface area contributed by atoms with Gasteiger partial charge in [0.15, 0.2) is 0 Å². The van der Waals surface area contributed by atoms with Gasteiger partial charge in [-0.1, -0.05) is 30.7 Å². The summed E-state index contributed by atoms with van der Waals surface area (Å²) in [7, 11) is 4.74. The maximum Gasteiger partial charge on any atom is 0.305 e. The van der Waals surface area contributed by atoms with Gasteiger partial charge >= 0.3 is 5.97 Å². The number of methoxy groups -OCH3 is 3. The molecule has 166 valence electrons. The van der Waals surface area contributed by atoms with E-state index in [-0.39, 0.29) is 24.1 Å². The summed E-state index contributed by atoms with van der Waals surface area (Å²) < 4.78 is 24.0. The second-order valence-electron chi connectivity index (χ2n) is 7.13. The van der Waals surface area contributed by atoms with Crippen LogP contribution in [0.4, 0.5) is 0 Å². The molecule has 0 saturated carbocycles. The number of carbonyl (C=O) groups is 1. The molecule has 3 unspecified atom stereocenters. The van der Waals surface area contributed by atoms with E-state index in [1.807, 2.05) is 36.4 Å². The molecule has 1 aromatic carbocycles. The topological polar surface area (TPSA) is 58.9 Å². The van der Waals surface area contributed by atoms with Crippen molar-refractivity contribution in [1.82, 2.24) is 4.57 Å². The van der Waals surface area contributed by atoms with Crippen molar-refractivity contribution >= 4 is 17.6 Å². The number of esters is 1. The van der Waals surface area contributed by atoms with E-state index in [0.717, 1.165) is 22.7 Å².